The highest BCUT2D eigenvalue weighted by Gasteiger charge is 2.38. The molecule has 0 radical (unpaired) electrons. The third kappa shape index (κ3) is 3.48. The van der Waals surface area contributed by atoms with Crippen molar-refractivity contribution in [1.82, 2.24) is 5.32 Å². The van der Waals surface area contributed by atoms with Crippen molar-refractivity contribution < 1.29 is 14.3 Å². The molecule has 0 amide bonds. The molecular formula is C15H21FN2O2. The zero-order valence-corrected chi connectivity index (χ0v) is 11.9. The van der Waals surface area contributed by atoms with Gasteiger partial charge in [-0.15, -0.1) is 0 Å². The van der Waals surface area contributed by atoms with Gasteiger partial charge in [-0.1, -0.05) is 12.1 Å². The largest absolute Gasteiger partial charge is 0.480 e. The highest BCUT2D eigenvalue weighted by atomic mass is 19.1. The second kappa shape index (κ2) is 5.79. The smallest absolute Gasteiger partial charge is 0.323 e. The molecule has 0 heterocycles. The predicted molar refractivity (Wildman–Crippen MR) is 76.5 cm³/mol. The number of aliphatic carboxylic acids is 1. The minimum Gasteiger partial charge on any atom is -0.480 e. The van der Waals surface area contributed by atoms with Gasteiger partial charge in [-0.2, -0.15) is 0 Å². The molecule has 1 aliphatic rings. The Labute approximate surface area is 118 Å². The number of nitrogens with one attached hydrogen (secondary N) is 1. The van der Waals surface area contributed by atoms with E-state index >= 15 is 0 Å². The summed E-state index contributed by atoms with van der Waals surface area (Å²) >= 11 is 0. The number of nitrogens with zero attached hydrogens (tertiary/aromatic N) is 1. The summed E-state index contributed by atoms with van der Waals surface area (Å²) in [6.45, 7) is 2.17. The summed E-state index contributed by atoms with van der Waals surface area (Å²) in [5, 5.41) is 12.6. The van der Waals surface area contributed by atoms with Gasteiger partial charge in [0.1, 0.15) is 11.4 Å². The van der Waals surface area contributed by atoms with E-state index in [0.29, 0.717) is 24.7 Å². The zero-order valence-electron chi connectivity index (χ0n) is 11.9. The van der Waals surface area contributed by atoms with Crippen molar-refractivity contribution in [2.75, 3.05) is 18.5 Å². The van der Waals surface area contributed by atoms with Crippen molar-refractivity contribution in [3.63, 3.8) is 0 Å². The average molecular weight is 280 g/mol. The van der Waals surface area contributed by atoms with Crippen molar-refractivity contribution in [2.45, 2.75) is 37.8 Å². The monoisotopic (exact) mass is 280 g/mol. The maximum Gasteiger partial charge on any atom is 0.323 e. The molecule has 1 aromatic rings. The molecular weight excluding hydrogens is 259 g/mol. The molecule has 0 spiro atoms. The number of benzene rings is 1. The predicted octanol–water partition coefficient (Wildman–Crippen LogP) is 2.25. The van der Waals surface area contributed by atoms with Crippen LogP contribution in [0.2, 0.25) is 0 Å². The van der Waals surface area contributed by atoms with Crippen LogP contribution in [0.25, 0.3) is 0 Å². The van der Waals surface area contributed by atoms with Crippen molar-refractivity contribution >= 4 is 11.7 Å². The molecule has 110 valence electrons. The first-order valence-electron chi connectivity index (χ1n) is 6.89. The maximum atomic E-state index is 13.7. The van der Waals surface area contributed by atoms with Gasteiger partial charge in [-0.05, 0) is 38.3 Å². The first-order valence-corrected chi connectivity index (χ1v) is 6.89. The molecule has 0 aromatic heterocycles. The van der Waals surface area contributed by atoms with E-state index in [1.165, 1.54) is 6.07 Å². The topological polar surface area (TPSA) is 52.6 Å². The van der Waals surface area contributed by atoms with Crippen molar-refractivity contribution in [1.29, 1.82) is 0 Å². The Hall–Kier alpha value is -1.62. The average Bonchev–Trinajstić information content (AvgIpc) is 3.20. The summed E-state index contributed by atoms with van der Waals surface area (Å²) in [5.41, 5.74) is -0.465. The lowest BCUT2D eigenvalue weighted by Gasteiger charge is -2.29. The molecule has 1 aliphatic carbocycles. The van der Waals surface area contributed by atoms with Gasteiger partial charge >= 0.3 is 5.97 Å². The van der Waals surface area contributed by atoms with Crippen LogP contribution in [0.1, 0.15) is 26.2 Å². The summed E-state index contributed by atoms with van der Waals surface area (Å²) in [6, 6.07) is 6.83. The Morgan fingerprint density at radius 2 is 2.15 bits per heavy atom. The normalized spacial score (nSPS) is 17.6. The van der Waals surface area contributed by atoms with E-state index in [9.17, 15) is 14.3 Å². The third-order valence-corrected chi connectivity index (χ3v) is 3.78. The zero-order chi connectivity index (χ0) is 14.8. The Balaban J connectivity index is 1.98. The number of halogens is 1. The maximum absolute atomic E-state index is 13.7. The Kier molecular flexibility index (Phi) is 4.28. The molecule has 20 heavy (non-hydrogen) atoms. The molecule has 1 atom stereocenters. The number of para-hydroxylation sites is 1. The number of hydrogen-bond donors (Lipinski definition) is 2. The van der Waals surface area contributed by atoms with Gasteiger partial charge in [-0.3, -0.25) is 10.1 Å². The van der Waals surface area contributed by atoms with Crippen LogP contribution in [0.3, 0.4) is 0 Å². The van der Waals surface area contributed by atoms with Gasteiger partial charge in [0.25, 0.3) is 0 Å². The number of carboxylic acids is 1. The minimum atomic E-state index is -0.958. The minimum absolute atomic E-state index is 0.290. The number of rotatable bonds is 7. The van der Waals surface area contributed by atoms with E-state index in [0.717, 1.165) is 12.8 Å². The molecule has 0 bridgehead atoms. The first kappa shape index (κ1) is 14.8. The van der Waals surface area contributed by atoms with Gasteiger partial charge in [0.05, 0.1) is 5.69 Å². The van der Waals surface area contributed by atoms with E-state index < -0.39 is 11.5 Å². The Bertz CT molecular complexity index is 491. The molecule has 2 rings (SSSR count). The van der Waals surface area contributed by atoms with Crippen LogP contribution < -0.4 is 10.2 Å². The van der Waals surface area contributed by atoms with Crippen molar-refractivity contribution in [3.8, 4) is 0 Å². The molecule has 2 N–H and O–H groups in total. The fourth-order valence-electron chi connectivity index (χ4n) is 2.19. The summed E-state index contributed by atoms with van der Waals surface area (Å²) in [5.74, 6) is -1.14. The van der Waals surface area contributed by atoms with Crippen LogP contribution in [-0.2, 0) is 4.79 Å². The summed E-state index contributed by atoms with van der Waals surface area (Å²) in [4.78, 5) is 13.2. The van der Waals surface area contributed by atoms with Crippen LogP contribution in [0.4, 0.5) is 10.1 Å². The van der Waals surface area contributed by atoms with Crippen LogP contribution in [0.15, 0.2) is 24.3 Å². The number of carboxylic acid groups (broad SMARTS) is 1. The number of anilines is 1. The summed E-state index contributed by atoms with van der Waals surface area (Å²) in [7, 11) is 1.78. The fraction of sp³-hybridized carbons (Fsp3) is 0.533. The Morgan fingerprint density at radius 3 is 2.70 bits per heavy atom. The lowest BCUT2D eigenvalue weighted by atomic mass is 9.97. The lowest BCUT2D eigenvalue weighted by molar-refractivity contribution is -0.144. The molecule has 1 aromatic carbocycles. The van der Waals surface area contributed by atoms with E-state index in [1.807, 2.05) is 0 Å². The Morgan fingerprint density at radius 1 is 1.50 bits per heavy atom. The number of hydrogen-bond acceptors (Lipinski definition) is 3. The molecule has 0 saturated heterocycles. The quantitative estimate of drug-likeness (QED) is 0.804. The fourth-order valence-corrected chi connectivity index (χ4v) is 2.19. The second-order valence-electron chi connectivity index (χ2n) is 5.68. The van der Waals surface area contributed by atoms with Crippen molar-refractivity contribution in [2.24, 2.45) is 0 Å². The molecule has 5 heteroatoms. The second-order valence-corrected chi connectivity index (χ2v) is 5.68. The van der Waals surface area contributed by atoms with Gasteiger partial charge in [0.15, 0.2) is 0 Å². The molecule has 1 saturated carbocycles. The van der Waals surface area contributed by atoms with Crippen LogP contribution in [0, 0.1) is 5.82 Å². The van der Waals surface area contributed by atoms with Gasteiger partial charge in [0.2, 0.25) is 0 Å². The van der Waals surface area contributed by atoms with E-state index in [1.54, 1.807) is 37.1 Å². The van der Waals surface area contributed by atoms with Crippen LogP contribution in [-0.4, -0.2) is 36.2 Å². The first-order chi connectivity index (χ1) is 9.42. The van der Waals surface area contributed by atoms with Crippen LogP contribution >= 0.6 is 0 Å². The number of carbonyl (C=O) groups is 1. The summed E-state index contributed by atoms with van der Waals surface area (Å²) in [6.07, 6.45) is 2.49. The highest BCUT2D eigenvalue weighted by molar-refractivity contribution is 5.78. The van der Waals surface area contributed by atoms with E-state index in [-0.39, 0.29) is 5.82 Å². The van der Waals surface area contributed by atoms with Crippen LogP contribution in [0.5, 0.6) is 0 Å². The van der Waals surface area contributed by atoms with Crippen molar-refractivity contribution in [3.05, 3.63) is 30.1 Å². The lowest BCUT2D eigenvalue weighted by Crippen LogP contribution is -2.52. The molecule has 1 fully saturated rings. The SMILES string of the molecule is CN(CCC(C)(NC1CC1)C(=O)O)c1ccccc1F. The standard InChI is InChI=1S/C15H21FN2O2/c1-15(14(19)20,17-11-7-8-11)9-10-18(2)13-6-4-3-5-12(13)16/h3-6,11,17H,7-10H2,1-2H3,(H,19,20). The molecule has 0 aliphatic heterocycles. The van der Waals surface area contributed by atoms with Gasteiger partial charge in [-0.25, -0.2) is 4.39 Å². The van der Waals surface area contributed by atoms with E-state index in [4.69, 9.17) is 0 Å². The summed E-state index contributed by atoms with van der Waals surface area (Å²) < 4.78 is 13.7. The highest BCUT2D eigenvalue weighted by Crippen LogP contribution is 2.25. The third-order valence-electron chi connectivity index (χ3n) is 3.78. The van der Waals surface area contributed by atoms with E-state index in [2.05, 4.69) is 5.32 Å². The molecule has 1 unspecified atom stereocenters. The van der Waals surface area contributed by atoms with Gasteiger partial charge < -0.3 is 10.0 Å². The van der Waals surface area contributed by atoms with Gasteiger partial charge in [0, 0.05) is 19.6 Å². The molecule has 4 nitrogen and oxygen atoms in total.